The van der Waals surface area contributed by atoms with Crippen molar-refractivity contribution in [2.24, 2.45) is 22.7 Å². The van der Waals surface area contributed by atoms with E-state index in [-0.39, 0.29) is 23.8 Å². The molecule has 0 bridgehead atoms. The van der Waals surface area contributed by atoms with E-state index in [9.17, 15) is 13.2 Å². The normalized spacial score (nSPS) is 32.3. The summed E-state index contributed by atoms with van der Waals surface area (Å²) in [5.41, 5.74) is 5.67. The van der Waals surface area contributed by atoms with E-state index in [2.05, 4.69) is 4.72 Å². The minimum absolute atomic E-state index is 0.0143. The second-order valence-electron chi connectivity index (χ2n) is 5.19. The first-order valence-corrected chi connectivity index (χ1v) is 7.73. The van der Waals surface area contributed by atoms with E-state index in [0.29, 0.717) is 13.1 Å². The van der Waals surface area contributed by atoms with Gasteiger partial charge in [-0.15, -0.1) is 0 Å². The first-order valence-electron chi connectivity index (χ1n) is 6.18. The van der Waals surface area contributed by atoms with Gasteiger partial charge < -0.3 is 10.6 Å². The van der Waals surface area contributed by atoms with Crippen LogP contribution in [0, 0.1) is 11.8 Å². The second kappa shape index (κ2) is 5.12. The van der Waals surface area contributed by atoms with Gasteiger partial charge in [0.2, 0.25) is 5.91 Å². The summed E-state index contributed by atoms with van der Waals surface area (Å²) in [5.74, 6) is 0.230. The van der Waals surface area contributed by atoms with Gasteiger partial charge >= 0.3 is 0 Å². The van der Waals surface area contributed by atoms with Crippen molar-refractivity contribution in [3.63, 3.8) is 0 Å². The van der Waals surface area contributed by atoms with Gasteiger partial charge in [0.05, 0.1) is 5.92 Å². The largest absolute Gasteiger partial charge is 0.342 e. The predicted molar refractivity (Wildman–Crippen MR) is 66.5 cm³/mol. The number of piperidine rings is 1. The zero-order chi connectivity index (χ0) is 13.3. The van der Waals surface area contributed by atoms with Crippen LogP contribution in [-0.2, 0) is 15.0 Å². The Hall–Kier alpha value is -0.700. The van der Waals surface area contributed by atoms with E-state index in [1.165, 1.54) is 0 Å². The summed E-state index contributed by atoms with van der Waals surface area (Å²) in [6.07, 6.45) is 2.57. The van der Waals surface area contributed by atoms with Crippen molar-refractivity contribution in [2.75, 3.05) is 19.6 Å². The fraction of sp³-hybridized carbons (Fsp3) is 0.900. The summed E-state index contributed by atoms with van der Waals surface area (Å²) in [6, 6.07) is 0.0143. The number of carbonyl (C=O) groups is 1. The standard InChI is InChI=1S/C10H20N4O3S/c11-9-4-8(9)10(15)14-3-1-2-7(6-14)5-13-18(12,16)17/h7-9,13H,1-6,11H2,(H2,12,16,17). The maximum Gasteiger partial charge on any atom is 0.274 e. The van der Waals surface area contributed by atoms with Crippen molar-refractivity contribution in [2.45, 2.75) is 25.3 Å². The van der Waals surface area contributed by atoms with E-state index in [0.717, 1.165) is 25.8 Å². The highest BCUT2D eigenvalue weighted by Gasteiger charge is 2.43. The molecule has 3 atom stereocenters. The average molecular weight is 276 g/mol. The number of carbonyl (C=O) groups excluding carboxylic acids is 1. The average Bonchev–Trinajstić information content (AvgIpc) is 3.02. The Morgan fingerprint density at radius 1 is 1.44 bits per heavy atom. The van der Waals surface area contributed by atoms with Crippen molar-refractivity contribution in [3.8, 4) is 0 Å². The second-order valence-corrected chi connectivity index (χ2v) is 6.57. The Kier molecular flexibility index (Phi) is 3.90. The third kappa shape index (κ3) is 3.64. The van der Waals surface area contributed by atoms with Crippen LogP contribution in [0.3, 0.4) is 0 Å². The Morgan fingerprint density at radius 2 is 2.11 bits per heavy atom. The molecule has 104 valence electrons. The molecule has 0 aromatic carbocycles. The van der Waals surface area contributed by atoms with Gasteiger partial charge in [-0.2, -0.15) is 8.42 Å². The fourth-order valence-electron chi connectivity index (χ4n) is 2.40. The molecule has 0 spiro atoms. The van der Waals surface area contributed by atoms with Crippen molar-refractivity contribution >= 4 is 16.1 Å². The molecule has 1 aliphatic heterocycles. The molecule has 1 aliphatic carbocycles. The highest BCUT2D eigenvalue weighted by molar-refractivity contribution is 7.87. The maximum absolute atomic E-state index is 12.0. The molecule has 2 rings (SSSR count). The lowest BCUT2D eigenvalue weighted by atomic mass is 9.98. The molecule has 2 aliphatic rings. The number of rotatable bonds is 4. The van der Waals surface area contributed by atoms with Crippen LogP contribution in [0.25, 0.3) is 0 Å². The van der Waals surface area contributed by atoms with Crippen molar-refractivity contribution in [1.82, 2.24) is 9.62 Å². The molecule has 1 saturated heterocycles. The number of likely N-dealkylation sites (tertiary alicyclic amines) is 1. The van der Waals surface area contributed by atoms with E-state index in [1.54, 1.807) is 4.90 Å². The summed E-state index contributed by atoms with van der Waals surface area (Å²) in [6.45, 7) is 1.62. The van der Waals surface area contributed by atoms with Gasteiger partial charge in [0.25, 0.3) is 10.2 Å². The lowest BCUT2D eigenvalue weighted by Crippen LogP contribution is -2.45. The van der Waals surface area contributed by atoms with Gasteiger partial charge in [-0.05, 0) is 25.2 Å². The molecular weight excluding hydrogens is 256 g/mol. The lowest BCUT2D eigenvalue weighted by Gasteiger charge is -2.33. The van der Waals surface area contributed by atoms with E-state index < -0.39 is 10.2 Å². The van der Waals surface area contributed by atoms with E-state index >= 15 is 0 Å². The van der Waals surface area contributed by atoms with Crippen LogP contribution in [0.1, 0.15) is 19.3 Å². The van der Waals surface area contributed by atoms with E-state index in [4.69, 9.17) is 10.9 Å². The zero-order valence-electron chi connectivity index (χ0n) is 10.2. The van der Waals surface area contributed by atoms with Gasteiger partial charge in [-0.3, -0.25) is 4.79 Å². The quantitative estimate of drug-likeness (QED) is 0.571. The van der Waals surface area contributed by atoms with Gasteiger partial charge in [0.15, 0.2) is 0 Å². The summed E-state index contributed by atoms with van der Waals surface area (Å²) in [7, 11) is -3.65. The van der Waals surface area contributed by atoms with Crippen molar-refractivity contribution in [1.29, 1.82) is 0 Å². The Bertz CT molecular complexity index is 425. The fourth-order valence-corrected chi connectivity index (χ4v) is 2.87. The molecule has 0 aromatic heterocycles. The van der Waals surface area contributed by atoms with Crippen LogP contribution in [-0.4, -0.2) is 44.9 Å². The Balaban J connectivity index is 1.83. The Morgan fingerprint density at radius 3 is 2.67 bits per heavy atom. The lowest BCUT2D eigenvalue weighted by molar-refractivity contribution is -0.134. The summed E-state index contributed by atoms with van der Waals surface area (Å²) < 4.78 is 23.9. The van der Waals surface area contributed by atoms with Gasteiger partial charge in [-0.1, -0.05) is 0 Å². The molecule has 8 heteroatoms. The summed E-state index contributed by atoms with van der Waals surface area (Å²) in [5, 5.41) is 4.89. The Labute approximate surface area is 107 Å². The number of amides is 1. The first kappa shape index (κ1) is 13.7. The number of nitrogens with two attached hydrogens (primary N) is 2. The molecular formula is C10H20N4O3S. The van der Waals surface area contributed by atoms with Gasteiger partial charge in [-0.25, -0.2) is 9.86 Å². The SMILES string of the molecule is NC1CC1C(=O)N1CCCC(CNS(N)(=O)=O)C1. The summed E-state index contributed by atoms with van der Waals surface area (Å²) >= 11 is 0. The monoisotopic (exact) mass is 276 g/mol. The number of nitrogens with one attached hydrogen (secondary N) is 1. The van der Waals surface area contributed by atoms with Gasteiger partial charge in [0.1, 0.15) is 0 Å². The molecule has 7 nitrogen and oxygen atoms in total. The van der Waals surface area contributed by atoms with Crippen LogP contribution >= 0.6 is 0 Å². The molecule has 18 heavy (non-hydrogen) atoms. The zero-order valence-corrected chi connectivity index (χ0v) is 11.0. The minimum Gasteiger partial charge on any atom is -0.342 e. The molecule has 2 fully saturated rings. The third-order valence-corrected chi connectivity index (χ3v) is 4.13. The number of hydrogen-bond donors (Lipinski definition) is 3. The molecule has 0 radical (unpaired) electrons. The highest BCUT2D eigenvalue weighted by Crippen LogP contribution is 2.31. The van der Waals surface area contributed by atoms with Gasteiger partial charge in [0, 0.05) is 25.7 Å². The van der Waals surface area contributed by atoms with Crippen molar-refractivity contribution < 1.29 is 13.2 Å². The van der Waals surface area contributed by atoms with Crippen LogP contribution < -0.4 is 15.6 Å². The molecule has 5 N–H and O–H groups in total. The van der Waals surface area contributed by atoms with Crippen LogP contribution in [0.2, 0.25) is 0 Å². The molecule has 0 aromatic rings. The third-order valence-electron chi connectivity index (χ3n) is 3.56. The minimum atomic E-state index is -3.65. The predicted octanol–water partition coefficient (Wildman–Crippen LogP) is -1.63. The van der Waals surface area contributed by atoms with Crippen LogP contribution in [0.5, 0.6) is 0 Å². The number of nitrogens with zero attached hydrogens (tertiary/aromatic N) is 1. The van der Waals surface area contributed by atoms with Crippen LogP contribution in [0.4, 0.5) is 0 Å². The number of hydrogen-bond acceptors (Lipinski definition) is 4. The summed E-state index contributed by atoms with van der Waals surface area (Å²) in [4.78, 5) is 13.8. The highest BCUT2D eigenvalue weighted by atomic mass is 32.2. The molecule has 1 saturated carbocycles. The van der Waals surface area contributed by atoms with Crippen molar-refractivity contribution in [3.05, 3.63) is 0 Å². The molecule has 1 heterocycles. The molecule has 3 unspecified atom stereocenters. The maximum atomic E-state index is 12.0. The van der Waals surface area contributed by atoms with Crippen LogP contribution in [0.15, 0.2) is 0 Å². The topological polar surface area (TPSA) is 119 Å². The van der Waals surface area contributed by atoms with E-state index in [1.807, 2.05) is 0 Å². The first-order chi connectivity index (χ1) is 8.37. The molecule has 1 amide bonds. The smallest absolute Gasteiger partial charge is 0.274 e.